The summed E-state index contributed by atoms with van der Waals surface area (Å²) in [5, 5.41) is 8.58. The van der Waals surface area contributed by atoms with Gasteiger partial charge < -0.3 is 0 Å². The summed E-state index contributed by atoms with van der Waals surface area (Å²) in [5.41, 5.74) is 13.7. The molecule has 3 aromatic carbocycles. The van der Waals surface area contributed by atoms with Crippen LogP contribution in [0.4, 0.5) is 0 Å². The lowest BCUT2D eigenvalue weighted by molar-refractivity contribution is 0.315. The van der Waals surface area contributed by atoms with E-state index in [1.54, 1.807) is 0 Å². The van der Waals surface area contributed by atoms with Crippen molar-refractivity contribution in [1.29, 1.82) is 0 Å². The lowest BCUT2D eigenvalue weighted by atomic mass is 9.87. The summed E-state index contributed by atoms with van der Waals surface area (Å²) in [6, 6.07) is 13.1. The molecule has 27 heavy (non-hydrogen) atoms. The molecule has 1 aromatic heterocycles. The third kappa shape index (κ3) is 2.74. The van der Waals surface area contributed by atoms with Gasteiger partial charge in [0.1, 0.15) is 11.0 Å². The second-order valence-corrected chi connectivity index (χ2v) is 7.56. The number of nitrogens with zero attached hydrogens (tertiary/aromatic N) is 2. The summed E-state index contributed by atoms with van der Waals surface area (Å²) in [7, 11) is 0. The van der Waals surface area contributed by atoms with Crippen LogP contribution in [-0.2, 0) is 0 Å². The first-order chi connectivity index (χ1) is 12.9. The average molecular weight is 356 g/mol. The van der Waals surface area contributed by atoms with E-state index in [-0.39, 0.29) is 0 Å². The summed E-state index contributed by atoms with van der Waals surface area (Å²) in [6.07, 6.45) is 0. The number of aromatic nitrogens is 2. The first-order valence-corrected chi connectivity index (χ1v) is 9.29. The molecular formula is C24H24N2O. The number of hydrogen-bond acceptors (Lipinski definition) is 3. The van der Waals surface area contributed by atoms with E-state index in [0.29, 0.717) is 0 Å². The average Bonchev–Trinajstić information content (AvgIpc) is 3.10. The fourth-order valence-electron chi connectivity index (χ4n) is 3.75. The maximum Gasteiger partial charge on any atom is 0.143 e. The quantitative estimate of drug-likeness (QED) is 0.417. The van der Waals surface area contributed by atoms with E-state index in [0.717, 1.165) is 33.3 Å². The van der Waals surface area contributed by atoms with Crippen LogP contribution >= 0.6 is 0 Å². The van der Waals surface area contributed by atoms with Gasteiger partial charge in [-0.2, -0.15) is 0 Å². The van der Waals surface area contributed by atoms with Crippen LogP contribution in [-0.4, -0.2) is 10.3 Å². The molecule has 0 N–H and O–H groups in total. The van der Waals surface area contributed by atoms with E-state index in [2.05, 4.69) is 88.3 Å². The molecule has 3 nitrogen and oxygen atoms in total. The van der Waals surface area contributed by atoms with E-state index < -0.39 is 0 Å². The van der Waals surface area contributed by atoms with Gasteiger partial charge in [0.25, 0.3) is 0 Å². The first-order valence-electron chi connectivity index (χ1n) is 9.29. The molecule has 4 rings (SSSR count). The highest BCUT2D eigenvalue weighted by molar-refractivity contribution is 6.03. The van der Waals surface area contributed by atoms with Crippen LogP contribution in [0.3, 0.4) is 0 Å². The van der Waals surface area contributed by atoms with Gasteiger partial charge in [-0.15, -0.1) is 0 Å². The molecule has 0 saturated heterocycles. The van der Waals surface area contributed by atoms with Crippen molar-refractivity contribution in [2.45, 2.75) is 41.5 Å². The van der Waals surface area contributed by atoms with E-state index in [1.807, 2.05) is 0 Å². The normalized spacial score (nSPS) is 11.3. The molecule has 4 aromatic rings. The molecule has 0 spiro atoms. The molecule has 0 fully saturated rings. The molecule has 0 atom stereocenters. The van der Waals surface area contributed by atoms with Crippen LogP contribution in [0, 0.1) is 41.5 Å². The molecule has 0 bridgehead atoms. The second-order valence-electron chi connectivity index (χ2n) is 7.56. The zero-order valence-electron chi connectivity index (χ0n) is 16.8. The minimum absolute atomic E-state index is 0.828. The minimum Gasteiger partial charge on any atom is -0.243 e. The second kappa shape index (κ2) is 6.34. The van der Waals surface area contributed by atoms with Gasteiger partial charge in [0, 0.05) is 11.1 Å². The summed E-state index contributed by atoms with van der Waals surface area (Å²) >= 11 is 0. The zero-order valence-corrected chi connectivity index (χ0v) is 16.8. The van der Waals surface area contributed by atoms with Crippen LogP contribution < -0.4 is 0 Å². The SMILES string of the molecule is Cc1ccc(-c2c(C)c(C)c(-c3ccc(C)c(C)c3)c3nonc23)cc1C. The Labute approximate surface area is 160 Å². The Kier molecular flexibility index (Phi) is 4.11. The van der Waals surface area contributed by atoms with Crippen molar-refractivity contribution in [2.75, 3.05) is 0 Å². The standard InChI is InChI=1S/C24H24N2O/c1-13-7-9-19(11-15(13)3)21-17(5)18(6)22(24-23(21)25-27-26-24)20-10-8-14(2)16(4)12-20/h7-12H,1-6H3. The van der Waals surface area contributed by atoms with Crippen molar-refractivity contribution in [2.24, 2.45) is 0 Å². The zero-order chi connectivity index (χ0) is 19.3. The minimum atomic E-state index is 0.828. The van der Waals surface area contributed by atoms with Crippen molar-refractivity contribution in [3.05, 3.63) is 69.8 Å². The number of aryl methyl sites for hydroxylation is 4. The molecule has 136 valence electrons. The largest absolute Gasteiger partial charge is 0.243 e. The fourth-order valence-corrected chi connectivity index (χ4v) is 3.75. The molecular weight excluding hydrogens is 332 g/mol. The summed E-state index contributed by atoms with van der Waals surface area (Å²) < 4.78 is 5.21. The van der Waals surface area contributed by atoms with Gasteiger partial charge in [-0.25, -0.2) is 4.63 Å². The van der Waals surface area contributed by atoms with Crippen LogP contribution in [0.5, 0.6) is 0 Å². The highest BCUT2D eigenvalue weighted by atomic mass is 16.6. The van der Waals surface area contributed by atoms with E-state index in [1.165, 1.54) is 33.4 Å². The third-order valence-corrected chi connectivity index (χ3v) is 5.87. The predicted octanol–water partition coefficient (Wildman–Crippen LogP) is 6.41. The Balaban J connectivity index is 2.05. The Hall–Kier alpha value is -2.94. The monoisotopic (exact) mass is 356 g/mol. The van der Waals surface area contributed by atoms with Gasteiger partial charge in [-0.1, -0.05) is 36.4 Å². The summed E-state index contributed by atoms with van der Waals surface area (Å²) in [6.45, 7) is 12.9. The molecule has 0 aliphatic rings. The van der Waals surface area contributed by atoms with Crippen LogP contribution in [0.2, 0.25) is 0 Å². The van der Waals surface area contributed by atoms with Gasteiger partial charge in [-0.05, 0) is 96.4 Å². The molecule has 0 radical (unpaired) electrons. The van der Waals surface area contributed by atoms with Gasteiger partial charge in [0.15, 0.2) is 0 Å². The molecule has 0 unspecified atom stereocenters. The lowest BCUT2D eigenvalue weighted by Gasteiger charge is -2.16. The smallest absolute Gasteiger partial charge is 0.143 e. The first kappa shape index (κ1) is 17.5. The summed E-state index contributed by atoms with van der Waals surface area (Å²) in [5.74, 6) is 0. The Morgan fingerprint density at radius 2 is 0.963 bits per heavy atom. The highest BCUT2D eigenvalue weighted by Crippen LogP contribution is 2.40. The van der Waals surface area contributed by atoms with Gasteiger partial charge >= 0.3 is 0 Å². The van der Waals surface area contributed by atoms with Gasteiger partial charge in [0.05, 0.1) is 0 Å². The molecule has 0 saturated carbocycles. The van der Waals surface area contributed by atoms with E-state index in [9.17, 15) is 0 Å². The van der Waals surface area contributed by atoms with Crippen LogP contribution in [0.15, 0.2) is 41.0 Å². The maximum atomic E-state index is 5.21. The van der Waals surface area contributed by atoms with Crippen molar-refractivity contribution >= 4 is 11.0 Å². The molecule has 0 aliphatic heterocycles. The van der Waals surface area contributed by atoms with Crippen LogP contribution in [0.1, 0.15) is 33.4 Å². The third-order valence-electron chi connectivity index (χ3n) is 5.87. The van der Waals surface area contributed by atoms with Gasteiger partial charge in [0.2, 0.25) is 0 Å². The van der Waals surface area contributed by atoms with Crippen molar-refractivity contribution in [1.82, 2.24) is 10.3 Å². The maximum absolute atomic E-state index is 5.21. The molecule has 3 heteroatoms. The Morgan fingerprint density at radius 3 is 1.33 bits per heavy atom. The Morgan fingerprint density at radius 1 is 0.556 bits per heavy atom. The number of rotatable bonds is 2. The number of fused-ring (bicyclic) bond motifs is 1. The van der Waals surface area contributed by atoms with Crippen LogP contribution in [0.25, 0.3) is 33.3 Å². The number of benzene rings is 3. The molecule has 0 aliphatic carbocycles. The summed E-state index contributed by atoms with van der Waals surface area (Å²) in [4.78, 5) is 0. The highest BCUT2D eigenvalue weighted by Gasteiger charge is 2.21. The molecule has 1 heterocycles. The van der Waals surface area contributed by atoms with Gasteiger partial charge in [-0.3, -0.25) is 0 Å². The fraction of sp³-hybridized carbons (Fsp3) is 0.250. The molecule has 0 amide bonds. The lowest BCUT2D eigenvalue weighted by Crippen LogP contribution is -1.96. The van der Waals surface area contributed by atoms with Crippen molar-refractivity contribution < 1.29 is 4.63 Å². The Bertz CT molecular complexity index is 1090. The topological polar surface area (TPSA) is 38.9 Å². The van der Waals surface area contributed by atoms with E-state index in [4.69, 9.17) is 4.63 Å². The van der Waals surface area contributed by atoms with E-state index >= 15 is 0 Å². The van der Waals surface area contributed by atoms with Crippen molar-refractivity contribution in [3.63, 3.8) is 0 Å². The predicted molar refractivity (Wildman–Crippen MR) is 111 cm³/mol. The number of hydrogen-bond donors (Lipinski definition) is 0. The van der Waals surface area contributed by atoms with Crippen molar-refractivity contribution in [3.8, 4) is 22.3 Å².